The Morgan fingerprint density at radius 2 is 1.93 bits per heavy atom. The van der Waals surface area contributed by atoms with Gasteiger partial charge in [-0.05, 0) is 61.4 Å². The first kappa shape index (κ1) is 19.6. The summed E-state index contributed by atoms with van der Waals surface area (Å²) in [5, 5.41) is 3.47. The summed E-state index contributed by atoms with van der Waals surface area (Å²) in [4.78, 5) is 18.7. The second kappa shape index (κ2) is 8.76. The van der Waals surface area contributed by atoms with Crippen LogP contribution in [0.3, 0.4) is 0 Å². The van der Waals surface area contributed by atoms with E-state index >= 15 is 0 Å². The molecule has 1 aliphatic carbocycles. The highest BCUT2D eigenvalue weighted by Gasteiger charge is 2.26. The molecule has 0 aromatic heterocycles. The van der Waals surface area contributed by atoms with Gasteiger partial charge in [-0.3, -0.25) is 9.69 Å². The molecule has 2 aromatic carbocycles. The lowest BCUT2D eigenvalue weighted by Gasteiger charge is -2.36. The first-order valence-corrected chi connectivity index (χ1v) is 11.4. The van der Waals surface area contributed by atoms with Crippen LogP contribution in [0.1, 0.15) is 23.2 Å². The van der Waals surface area contributed by atoms with Crippen LogP contribution >= 0.6 is 23.4 Å². The van der Waals surface area contributed by atoms with Crippen molar-refractivity contribution < 1.29 is 4.79 Å². The summed E-state index contributed by atoms with van der Waals surface area (Å²) in [6.45, 7) is 5.56. The number of nitrogens with one attached hydrogen (secondary N) is 1. The monoisotopic (exact) mass is 415 g/mol. The van der Waals surface area contributed by atoms with Gasteiger partial charge in [-0.15, -0.1) is 11.8 Å². The fraction of sp³-hybridized carbons (Fsp3) is 0.409. The molecule has 0 spiro atoms. The van der Waals surface area contributed by atoms with E-state index in [-0.39, 0.29) is 5.91 Å². The average molecular weight is 416 g/mol. The minimum Gasteiger partial charge on any atom is -0.369 e. The van der Waals surface area contributed by atoms with Gasteiger partial charge in [0.25, 0.3) is 5.91 Å². The summed E-state index contributed by atoms with van der Waals surface area (Å²) in [7, 11) is 0. The molecule has 0 bridgehead atoms. The topological polar surface area (TPSA) is 35.6 Å². The van der Waals surface area contributed by atoms with Crippen LogP contribution in [0, 0.1) is 5.92 Å². The Labute approximate surface area is 176 Å². The van der Waals surface area contributed by atoms with E-state index in [4.69, 9.17) is 11.6 Å². The Bertz CT molecular complexity index is 847. The van der Waals surface area contributed by atoms with Crippen LogP contribution in [0.15, 0.2) is 47.4 Å². The van der Waals surface area contributed by atoms with E-state index in [1.807, 2.05) is 30.5 Å². The molecule has 1 aliphatic heterocycles. The van der Waals surface area contributed by atoms with Crippen LogP contribution in [0.25, 0.3) is 0 Å². The van der Waals surface area contributed by atoms with Gasteiger partial charge in [-0.1, -0.05) is 17.7 Å². The molecular formula is C22H26ClN3OS. The molecule has 4 rings (SSSR count). The van der Waals surface area contributed by atoms with Gasteiger partial charge in [0.15, 0.2) is 0 Å². The van der Waals surface area contributed by atoms with Crippen LogP contribution in [-0.2, 0) is 0 Å². The molecule has 1 heterocycles. The highest BCUT2D eigenvalue weighted by molar-refractivity contribution is 7.98. The fourth-order valence-corrected chi connectivity index (χ4v) is 4.28. The van der Waals surface area contributed by atoms with Crippen molar-refractivity contribution in [1.29, 1.82) is 0 Å². The normalized spacial score (nSPS) is 17.6. The smallest absolute Gasteiger partial charge is 0.257 e. The number of carbonyl (C=O) groups is 1. The van der Waals surface area contributed by atoms with Gasteiger partial charge in [0.1, 0.15) is 0 Å². The Morgan fingerprint density at radius 1 is 1.14 bits per heavy atom. The SMILES string of the molecule is CSc1ccc(Cl)c(C(=O)Nc2cccc(N3CCN(CC4CC4)CC3)c2)c1. The quantitative estimate of drug-likeness (QED) is 0.684. The number of benzene rings is 2. The van der Waals surface area contributed by atoms with Gasteiger partial charge in [-0.25, -0.2) is 0 Å². The van der Waals surface area contributed by atoms with Crippen molar-refractivity contribution in [2.24, 2.45) is 5.92 Å². The third kappa shape index (κ3) is 4.83. The molecule has 6 heteroatoms. The van der Waals surface area contributed by atoms with Gasteiger partial charge < -0.3 is 10.2 Å². The largest absolute Gasteiger partial charge is 0.369 e. The van der Waals surface area contributed by atoms with Crippen LogP contribution in [0.5, 0.6) is 0 Å². The predicted molar refractivity (Wildman–Crippen MR) is 119 cm³/mol. The van der Waals surface area contributed by atoms with E-state index in [1.54, 1.807) is 17.8 Å². The van der Waals surface area contributed by atoms with E-state index in [1.165, 1.54) is 19.4 Å². The minimum absolute atomic E-state index is 0.174. The molecule has 1 amide bonds. The lowest BCUT2D eigenvalue weighted by atomic mass is 10.2. The molecule has 148 valence electrons. The molecule has 2 fully saturated rings. The summed E-state index contributed by atoms with van der Waals surface area (Å²) < 4.78 is 0. The van der Waals surface area contributed by atoms with Crippen molar-refractivity contribution in [2.45, 2.75) is 17.7 Å². The standard InChI is InChI=1S/C22H26ClN3OS/c1-28-19-7-8-21(23)20(14-19)22(27)24-17-3-2-4-18(13-17)26-11-9-25(10-12-26)15-16-5-6-16/h2-4,7-8,13-14,16H,5-6,9-12,15H2,1H3,(H,24,27). The van der Waals surface area contributed by atoms with Gasteiger partial charge in [0, 0.05) is 49.0 Å². The van der Waals surface area contributed by atoms with Gasteiger partial charge >= 0.3 is 0 Å². The van der Waals surface area contributed by atoms with E-state index in [0.717, 1.165) is 48.4 Å². The molecular weight excluding hydrogens is 390 g/mol. The summed E-state index contributed by atoms with van der Waals surface area (Å²) >= 11 is 7.83. The fourth-order valence-electron chi connectivity index (χ4n) is 3.64. The molecule has 1 saturated heterocycles. The van der Waals surface area contributed by atoms with Gasteiger partial charge in [-0.2, -0.15) is 0 Å². The maximum Gasteiger partial charge on any atom is 0.257 e. The summed E-state index contributed by atoms with van der Waals surface area (Å²) in [6.07, 6.45) is 4.80. The lowest BCUT2D eigenvalue weighted by molar-refractivity contribution is 0.102. The summed E-state index contributed by atoms with van der Waals surface area (Å²) in [6, 6.07) is 13.6. The number of rotatable bonds is 6. The zero-order valence-electron chi connectivity index (χ0n) is 16.2. The first-order chi connectivity index (χ1) is 13.6. The number of amides is 1. The molecule has 2 aromatic rings. The molecule has 0 unspecified atom stereocenters. The van der Waals surface area contributed by atoms with Crippen LogP contribution in [0.2, 0.25) is 5.02 Å². The van der Waals surface area contributed by atoms with Crippen molar-refractivity contribution in [1.82, 2.24) is 4.90 Å². The van der Waals surface area contributed by atoms with Crippen LogP contribution in [0.4, 0.5) is 11.4 Å². The Morgan fingerprint density at radius 3 is 2.64 bits per heavy atom. The third-order valence-corrected chi connectivity index (χ3v) is 6.53. The van der Waals surface area contributed by atoms with Crippen molar-refractivity contribution in [3.05, 3.63) is 53.1 Å². The predicted octanol–water partition coefficient (Wildman–Crippen LogP) is 4.85. The molecule has 0 atom stereocenters. The number of thioether (sulfide) groups is 1. The van der Waals surface area contributed by atoms with Crippen molar-refractivity contribution >= 4 is 40.6 Å². The maximum absolute atomic E-state index is 12.7. The van der Waals surface area contributed by atoms with Crippen LogP contribution < -0.4 is 10.2 Å². The van der Waals surface area contributed by atoms with Crippen molar-refractivity contribution in [2.75, 3.05) is 49.2 Å². The molecule has 2 aliphatic rings. The third-order valence-electron chi connectivity index (χ3n) is 5.47. The van der Waals surface area contributed by atoms with E-state index in [9.17, 15) is 4.79 Å². The van der Waals surface area contributed by atoms with Crippen LogP contribution in [-0.4, -0.2) is 49.8 Å². The zero-order valence-corrected chi connectivity index (χ0v) is 17.7. The first-order valence-electron chi connectivity index (χ1n) is 9.84. The molecule has 1 saturated carbocycles. The number of anilines is 2. The van der Waals surface area contributed by atoms with Gasteiger partial charge in [0.2, 0.25) is 0 Å². The van der Waals surface area contributed by atoms with Crippen molar-refractivity contribution in [3.8, 4) is 0 Å². The van der Waals surface area contributed by atoms with E-state index in [0.29, 0.717) is 10.6 Å². The molecule has 4 nitrogen and oxygen atoms in total. The second-order valence-corrected chi connectivity index (χ2v) is 8.87. The highest BCUT2D eigenvalue weighted by Crippen LogP contribution is 2.30. The number of hydrogen-bond donors (Lipinski definition) is 1. The number of halogens is 1. The Hall–Kier alpha value is -1.69. The van der Waals surface area contributed by atoms with Crippen molar-refractivity contribution in [3.63, 3.8) is 0 Å². The van der Waals surface area contributed by atoms with E-state index < -0.39 is 0 Å². The number of carbonyl (C=O) groups excluding carboxylic acids is 1. The zero-order chi connectivity index (χ0) is 19.5. The summed E-state index contributed by atoms with van der Waals surface area (Å²) in [5.41, 5.74) is 2.47. The average Bonchev–Trinajstić information content (AvgIpc) is 3.53. The lowest BCUT2D eigenvalue weighted by Crippen LogP contribution is -2.47. The number of nitrogens with zero attached hydrogens (tertiary/aromatic N) is 2. The maximum atomic E-state index is 12.7. The Kier molecular flexibility index (Phi) is 6.14. The molecule has 1 N–H and O–H groups in total. The molecule has 0 radical (unpaired) electrons. The minimum atomic E-state index is -0.174. The van der Waals surface area contributed by atoms with Gasteiger partial charge in [0.05, 0.1) is 10.6 Å². The molecule has 28 heavy (non-hydrogen) atoms. The Balaban J connectivity index is 1.40. The number of piperazine rings is 1. The highest BCUT2D eigenvalue weighted by atomic mass is 35.5. The van der Waals surface area contributed by atoms with E-state index in [2.05, 4.69) is 27.2 Å². The summed E-state index contributed by atoms with van der Waals surface area (Å²) in [5.74, 6) is 0.772. The number of hydrogen-bond acceptors (Lipinski definition) is 4. The second-order valence-electron chi connectivity index (χ2n) is 7.58.